The molecule has 0 fully saturated rings. The van der Waals surface area contributed by atoms with E-state index in [1.165, 1.54) is 18.2 Å². The predicted octanol–water partition coefficient (Wildman–Crippen LogP) is 2.18. The third-order valence-corrected chi connectivity index (χ3v) is 3.01. The number of carboxylic acid groups (broad SMARTS) is 1. The largest absolute Gasteiger partial charge is 0.480 e. The molecule has 0 aliphatic heterocycles. The number of rotatable bonds is 4. The zero-order valence-electron chi connectivity index (χ0n) is 9.04. The van der Waals surface area contributed by atoms with Gasteiger partial charge in [0.15, 0.2) is 0 Å². The third kappa shape index (κ3) is 3.26. The molecule has 17 heavy (non-hydrogen) atoms. The van der Waals surface area contributed by atoms with Crippen LogP contribution in [0.1, 0.15) is 23.7 Å². The molecule has 1 atom stereocenters. The Balaban J connectivity index is 2.90. The van der Waals surface area contributed by atoms with Crippen molar-refractivity contribution in [3.63, 3.8) is 0 Å². The maximum atomic E-state index is 13.2. The van der Waals surface area contributed by atoms with Gasteiger partial charge in [-0.2, -0.15) is 0 Å². The number of hydrogen-bond acceptors (Lipinski definition) is 2. The molecule has 4 nitrogen and oxygen atoms in total. The lowest BCUT2D eigenvalue weighted by atomic mass is 10.1. The molecule has 0 heterocycles. The first-order valence-corrected chi connectivity index (χ1v) is 5.74. The Morgan fingerprint density at radius 2 is 2.18 bits per heavy atom. The highest BCUT2D eigenvalue weighted by Gasteiger charge is 2.20. The molecule has 0 spiro atoms. The molecule has 0 radical (unpaired) electrons. The summed E-state index contributed by atoms with van der Waals surface area (Å²) in [5.41, 5.74) is 0.0738. The number of nitrogens with one attached hydrogen (secondary N) is 1. The fourth-order valence-corrected chi connectivity index (χ4v) is 1.70. The van der Waals surface area contributed by atoms with Gasteiger partial charge in [0.25, 0.3) is 5.91 Å². The second-order valence-corrected chi connectivity index (χ2v) is 4.17. The first-order valence-electron chi connectivity index (χ1n) is 4.95. The summed E-state index contributed by atoms with van der Waals surface area (Å²) in [4.78, 5) is 22.5. The molecular formula is C11H11BrFNO3. The maximum absolute atomic E-state index is 13.2. The minimum absolute atomic E-state index is 0.0257. The average Bonchev–Trinajstić information content (AvgIpc) is 2.28. The van der Waals surface area contributed by atoms with Crippen LogP contribution >= 0.6 is 15.9 Å². The molecule has 0 saturated carbocycles. The molecule has 1 aromatic carbocycles. The van der Waals surface area contributed by atoms with Crippen LogP contribution in [0, 0.1) is 5.82 Å². The number of hydrogen-bond donors (Lipinski definition) is 2. The maximum Gasteiger partial charge on any atom is 0.326 e. The van der Waals surface area contributed by atoms with E-state index < -0.39 is 23.7 Å². The van der Waals surface area contributed by atoms with Gasteiger partial charge in [-0.1, -0.05) is 13.0 Å². The van der Waals surface area contributed by atoms with Crippen molar-refractivity contribution >= 4 is 27.8 Å². The molecule has 0 saturated heterocycles. The summed E-state index contributed by atoms with van der Waals surface area (Å²) < 4.78 is 13.2. The van der Waals surface area contributed by atoms with E-state index >= 15 is 0 Å². The summed E-state index contributed by atoms with van der Waals surface area (Å²) in [6, 6.07) is 3.03. The number of amides is 1. The van der Waals surface area contributed by atoms with E-state index in [1.54, 1.807) is 6.92 Å². The number of aliphatic carboxylic acids is 1. The quantitative estimate of drug-likeness (QED) is 0.896. The first kappa shape index (κ1) is 13.6. The van der Waals surface area contributed by atoms with E-state index in [0.717, 1.165) is 0 Å². The van der Waals surface area contributed by atoms with Crippen molar-refractivity contribution in [1.82, 2.24) is 5.32 Å². The fourth-order valence-electron chi connectivity index (χ4n) is 1.25. The van der Waals surface area contributed by atoms with Crippen LogP contribution in [-0.2, 0) is 4.79 Å². The summed E-state index contributed by atoms with van der Waals surface area (Å²) in [6.07, 6.45) is 0.258. The van der Waals surface area contributed by atoms with Crippen LogP contribution in [-0.4, -0.2) is 23.0 Å². The van der Waals surface area contributed by atoms with Crippen LogP contribution < -0.4 is 5.32 Å². The highest BCUT2D eigenvalue weighted by atomic mass is 79.9. The Labute approximate surface area is 106 Å². The fraction of sp³-hybridized carbons (Fsp3) is 0.273. The van der Waals surface area contributed by atoms with Crippen LogP contribution in [0.25, 0.3) is 0 Å². The van der Waals surface area contributed by atoms with E-state index in [0.29, 0.717) is 0 Å². The average molecular weight is 304 g/mol. The molecule has 0 aromatic heterocycles. The first-order chi connectivity index (χ1) is 7.97. The molecule has 2 N–H and O–H groups in total. The lowest BCUT2D eigenvalue weighted by Gasteiger charge is -2.13. The van der Waals surface area contributed by atoms with Gasteiger partial charge in [-0.3, -0.25) is 4.79 Å². The summed E-state index contributed by atoms with van der Waals surface area (Å²) >= 11 is 2.95. The van der Waals surface area contributed by atoms with E-state index in [-0.39, 0.29) is 16.5 Å². The van der Waals surface area contributed by atoms with Gasteiger partial charge in [-0.05, 0) is 34.5 Å². The molecule has 92 valence electrons. The molecule has 0 unspecified atom stereocenters. The molecule has 1 amide bonds. The monoisotopic (exact) mass is 303 g/mol. The van der Waals surface area contributed by atoms with Gasteiger partial charge in [0.2, 0.25) is 0 Å². The molecule has 1 rings (SSSR count). The Kier molecular flexibility index (Phi) is 4.62. The summed E-state index contributed by atoms with van der Waals surface area (Å²) in [5.74, 6) is -2.31. The summed E-state index contributed by atoms with van der Waals surface area (Å²) in [7, 11) is 0. The molecule has 1 aromatic rings. The van der Waals surface area contributed by atoms with Gasteiger partial charge in [-0.25, -0.2) is 9.18 Å². The smallest absolute Gasteiger partial charge is 0.326 e. The second-order valence-electron chi connectivity index (χ2n) is 3.37. The minimum atomic E-state index is -1.12. The van der Waals surface area contributed by atoms with Crippen molar-refractivity contribution in [1.29, 1.82) is 0 Å². The number of carbonyl (C=O) groups excluding carboxylic acids is 1. The van der Waals surface area contributed by atoms with Crippen LogP contribution in [0.5, 0.6) is 0 Å². The lowest BCUT2D eigenvalue weighted by molar-refractivity contribution is -0.139. The number of halogens is 2. The molecule has 0 aliphatic rings. The van der Waals surface area contributed by atoms with Crippen molar-refractivity contribution < 1.29 is 19.1 Å². The molecule has 0 aliphatic carbocycles. The van der Waals surface area contributed by atoms with E-state index in [1.807, 2.05) is 0 Å². The van der Waals surface area contributed by atoms with Gasteiger partial charge >= 0.3 is 5.97 Å². The van der Waals surface area contributed by atoms with Gasteiger partial charge in [0, 0.05) is 0 Å². The normalized spacial score (nSPS) is 11.9. The SMILES string of the molecule is CC[C@@H](NC(=O)c1cccc(F)c1Br)C(=O)O. The topological polar surface area (TPSA) is 66.4 Å². The highest BCUT2D eigenvalue weighted by Crippen LogP contribution is 2.20. The number of carboxylic acids is 1. The Hall–Kier alpha value is -1.43. The van der Waals surface area contributed by atoms with Gasteiger partial charge in [-0.15, -0.1) is 0 Å². The second kappa shape index (κ2) is 5.77. The van der Waals surface area contributed by atoms with Crippen molar-refractivity contribution in [3.05, 3.63) is 34.1 Å². The van der Waals surface area contributed by atoms with Crippen LogP contribution in [0.4, 0.5) is 4.39 Å². The molecular weight excluding hydrogens is 293 g/mol. The third-order valence-electron chi connectivity index (χ3n) is 2.21. The van der Waals surface area contributed by atoms with Crippen molar-refractivity contribution in [3.8, 4) is 0 Å². The highest BCUT2D eigenvalue weighted by molar-refractivity contribution is 9.10. The molecule has 0 bridgehead atoms. The van der Waals surface area contributed by atoms with E-state index in [4.69, 9.17) is 5.11 Å². The van der Waals surface area contributed by atoms with Crippen LogP contribution in [0.3, 0.4) is 0 Å². The summed E-state index contributed by atoms with van der Waals surface area (Å²) in [6.45, 7) is 1.64. The van der Waals surface area contributed by atoms with Gasteiger partial charge in [0.1, 0.15) is 11.9 Å². The van der Waals surface area contributed by atoms with Crippen molar-refractivity contribution in [2.45, 2.75) is 19.4 Å². The molecule has 6 heteroatoms. The Bertz CT molecular complexity index is 450. The predicted molar refractivity (Wildman–Crippen MR) is 63.3 cm³/mol. The lowest BCUT2D eigenvalue weighted by Crippen LogP contribution is -2.40. The zero-order chi connectivity index (χ0) is 13.0. The van der Waals surface area contributed by atoms with Crippen LogP contribution in [0.2, 0.25) is 0 Å². The number of carbonyl (C=O) groups is 2. The standard InChI is InChI=1S/C11H11BrFNO3/c1-2-8(11(16)17)14-10(15)6-4-3-5-7(13)9(6)12/h3-5,8H,2H2,1H3,(H,14,15)(H,16,17)/t8-/m1/s1. The van der Waals surface area contributed by atoms with Crippen molar-refractivity contribution in [2.75, 3.05) is 0 Å². The Morgan fingerprint density at radius 3 is 2.71 bits per heavy atom. The number of benzene rings is 1. The zero-order valence-corrected chi connectivity index (χ0v) is 10.6. The Morgan fingerprint density at radius 1 is 1.53 bits per heavy atom. The minimum Gasteiger partial charge on any atom is -0.480 e. The van der Waals surface area contributed by atoms with Crippen LogP contribution in [0.15, 0.2) is 22.7 Å². The van der Waals surface area contributed by atoms with Crippen molar-refractivity contribution in [2.24, 2.45) is 0 Å². The summed E-state index contributed by atoms with van der Waals surface area (Å²) in [5, 5.41) is 11.1. The van der Waals surface area contributed by atoms with E-state index in [9.17, 15) is 14.0 Å². The van der Waals surface area contributed by atoms with E-state index in [2.05, 4.69) is 21.2 Å². The van der Waals surface area contributed by atoms with Gasteiger partial charge < -0.3 is 10.4 Å². The van der Waals surface area contributed by atoms with Gasteiger partial charge in [0.05, 0.1) is 10.0 Å².